The van der Waals surface area contributed by atoms with Gasteiger partial charge in [-0.2, -0.15) is 0 Å². The van der Waals surface area contributed by atoms with Crippen molar-refractivity contribution in [3.63, 3.8) is 0 Å². The highest BCUT2D eigenvalue weighted by molar-refractivity contribution is 14.4. The van der Waals surface area contributed by atoms with Crippen LogP contribution in [0.4, 0.5) is 0 Å². The van der Waals surface area contributed by atoms with Crippen LogP contribution in [0.25, 0.3) is 0 Å². The summed E-state index contributed by atoms with van der Waals surface area (Å²) >= 11 is 8.01. The van der Waals surface area contributed by atoms with Crippen LogP contribution in [0.5, 0.6) is 0 Å². The lowest BCUT2D eigenvalue weighted by Gasteiger charge is -2.16. The summed E-state index contributed by atoms with van der Waals surface area (Å²) in [6.07, 6.45) is 8.66. The van der Waals surface area contributed by atoms with E-state index in [9.17, 15) is 0 Å². The van der Waals surface area contributed by atoms with Crippen molar-refractivity contribution in [2.24, 2.45) is 0 Å². The van der Waals surface area contributed by atoms with E-state index in [2.05, 4.69) is 90.8 Å². The third-order valence-corrected chi connectivity index (χ3v) is 11.6. The molecule has 0 radical (unpaired) electrons. The summed E-state index contributed by atoms with van der Waals surface area (Å²) in [4.78, 5) is 0. The summed E-state index contributed by atoms with van der Waals surface area (Å²) in [5, 5.41) is 0. The van der Waals surface area contributed by atoms with Crippen LogP contribution >= 0.6 is 65.4 Å². The van der Waals surface area contributed by atoms with Gasteiger partial charge >= 0.3 is 0 Å². The number of hydrogen-bond acceptors (Lipinski definition) is 0. The monoisotopic (exact) mass is 606 g/mol. The minimum Gasteiger partial charge on any atom is -0.107 e. The van der Waals surface area contributed by atoms with E-state index < -0.39 is 8.64 Å². The molecule has 0 heterocycles. The highest BCUT2D eigenvalue weighted by atomic mass is 127. The highest BCUT2D eigenvalue weighted by Crippen LogP contribution is 2.35. The van der Waals surface area contributed by atoms with Gasteiger partial charge in [0, 0.05) is 0 Å². The topological polar surface area (TPSA) is 0 Å². The van der Waals surface area contributed by atoms with Crippen LogP contribution in [0.2, 0.25) is 25.2 Å². The lowest BCUT2D eigenvalue weighted by Crippen LogP contribution is -2.21. The maximum Gasteiger partial charge on any atom is 0.253 e. The first-order chi connectivity index (χ1) is 7.77. The Morgan fingerprint density at radius 3 is 1.65 bits per heavy atom. The molecule has 0 spiro atoms. The quantitative estimate of drug-likeness (QED) is 0.109. The lowest BCUT2D eigenvalue weighted by atomic mass is 10.1. The molecule has 0 aromatic heterocycles. The van der Waals surface area contributed by atoms with Crippen molar-refractivity contribution in [3.8, 4) is 0 Å². The van der Waals surface area contributed by atoms with Gasteiger partial charge in [0.05, 0.1) is 8.07 Å². The molecule has 0 fully saturated rings. The third kappa shape index (κ3) is 14.6. The molecule has 0 saturated carbocycles. The van der Waals surface area contributed by atoms with E-state index in [1.165, 1.54) is 50.6 Å². The zero-order valence-electron chi connectivity index (χ0n) is 11.1. The fraction of sp³-hybridized carbons (Fsp3) is 0.833. The van der Waals surface area contributed by atoms with Crippen molar-refractivity contribution in [2.75, 3.05) is 0 Å². The molecule has 0 amide bonds. The van der Waals surface area contributed by atoms with Crippen LogP contribution in [-0.2, 0) is 0 Å². The van der Waals surface area contributed by atoms with Gasteiger partial charge < -0.3 is 0 Å². The van der Waals surface area contributed by atoms with Gasteiger partial charge in [0.15, 0.2) is 0 Å². The van der Waals surface area contributed by atoms with Crippen molar-refractivity contribution in [1.29, 1.82) is 0 Å². The molecule has 102 valence electrons. The normalized spacial score (nSPS) is 12.8. The molecular formula is C12H25I3Si2. The Morgan fingerprint density at radius 2 is 1.24 bits per heavy atom. The van der Waals surface area contributed by atoms with E-state index in [-0.39, 0.29) is 0 Å². The van der Waals surface area contributed by atoms with E-state index >= 15 is 0 Å². The van der Waals surface area contributed by atoms with Gasteiger partial charge in [0.25, 0.3) is 0.564 Å². The molecule has 17 heavy (non-hydrogen) atoms. The van der Waals surface area contributed by atoms with Gasteiger partial charge in [-0.15, -0.1) is 12.3 Å². The molecule has 0 aromatic rings. The molecule has 0 aliphatic heterocycles. The van der Waals surface area contributed by atoms with Gasteiger partial charge in [-0.1, -0.05) is 123 Å². The second-order valence-corrected chi connectivity index (χ2v) is 47.2. The largest absolute Gasteiger partial charge is 0.253 e. The average Bonchev–Trinajstić information content (AvgIpc) is 2.20. The summed E-state index contributed by atoms with van der Waals surface area (Å²) in [6.45, 7) is 8.80. The van der Waals surface area contributed by atoms with Gasteiger partial charge in [-0.3, -0.25) is 0 Å². The first kappa shape index (κ1) is 19.4. The van der Waals surface area contributed by atoms with Crippen LogP contribution in [0.1, 0.15) is 38.5 Å². The van der Waals surface area contributed by atoms with Gasteiger partial charge in [0.1, 0.15) is 0 Å². The van der Waals surface area contributed by atoms with E-state index in [0.29, 0.717) is 0 Å². The van der Waals surface area contributed by atoms with E-state index in [0.717, 1.165) is 0 Å². The van der Waals surface area contributed by atoms with Crippen LogP contribution in [0.3, 0.4) is 0 Å². The standard InChI is InChI=1S/C12H25I3Si2/c1-4-16(2,3)11-9-7-5-6-8-10-12-17(13,14)15/h4H,1,5-12H2,2-3H3. The minimum absolute atomic E-state index is 0.858. The van der Waals surface area contributed by atoms with Crippen LogP contribution in [-0.4, -0.2) is 8.64 Å². The summed E-state index contributed by atoms with van der Waals surface area (Å²) in [6, 6.07) is 2.91. The van der Waals surface area contributed by atoms with E-state index in [4.69, 9.17) is 0 Å². The Labute approximate surface area is 148 Å². The zero-order chi connectivity index (χ0) is 13.4. The molecule has 5 heteroatoms. The Bertz CT molecular complexity index is 212. The van der Waals surface area contributed by atoms with Gasteiger partial charge in [-0.05, 0) is 6.04 Å². The molecule has 0 aliphatic carbocycles. The zero-order valence-corrected chi connectivity index (χ0v) is 19.5. The summed E-state index contributed by atoms with van der Waals surface area (Å²) in [7, 11) is -1.01. The van der Waals surface area contributed by atoms with Crippen molar-refractivity contribution in [1.82, 2.24) is 0 Å². The van der Waals surface area contributed by atoms with Crippen molar-refractivity contribution in [3.05, 3.63) is 12.3 Å². The molecule has 0 aliphatic rings. The molecule has 0 nitrogen and oxygen atoms in total. The minimum atomic E-state index is -1.01. The fourth-order valence-corrected chi connectivity index (χ4v) is 7.16. The van der Waals surface area contributed by atoms with Crippen LogP contribution in [0.15, 0.2) is 12.3 Å². The van der Waals surface area contributed by atoms with Crippen molar-refractivity contribution < 1.29 is 0 Å². The van der Waals surface area contributed by atoms with Crippen molar-refractivity contribution in [2.45, 2.75) is 63.7 Å². The smallest absolute Gasteiger partial charge is 0.107 e. The maximum atomic E-state index is 3.96. The number of rotatable bonds is 10. The summed E-state index contributed by atoms with van der Waals surface area (Å²) < 4.78 is -0.858. The highest BCUT2D eigenvalue weighted by Gasteiger charge is 2.20. The van der Waals surface area contributed by atoms with E-state index in [1.807, 2.05) is 0 Å². The van der Waals surface area contributed by atoms with E-state index in [1.54, 1.807) is 0 Å². The average molecular weight is 606 g/mol. The van der Waals surface area contributed by atoms with Crippen LogP contribution in [0, 0.1) is 0 Å². The second-order valence-electron chi connectivity index (χ2n) is 5.43. The molecule has 0 bridgehead atoms. The van der Waals surface area contributed by atoms with Crippen LogP contribution < -0.4 is 0 Å². The predicted octanol–water partition coefficient (Wildman–Crippen LogP) is 7.00. The molecule has 0 unspecified atom stereocenters. The Morgan fingerprint density at radius 1 is 0.824 bits per heavy atom. The maximum absolute atomic E-state index is 3.96. The predicted molar refractivity (Wildman–Crippen MR) is 113 cm³/mol. The first-order valence-electron chi connectivity index (χ1n) is 6.47. The summed E-state index contributed by atoms with van der Waals surface area (Å²) in [5.41, 5.74) is 2.23. The SMILES string of the molecule is C=C[Si](C)(C)CCCCCCCC[Si](I)(I)I. The molecule has 0 atom stereocenters. The summed E-state index contributed by atoms with van der Waals surface area (Å²) in [5.74, 6) is 0. The lowest BCUT2D eigenvalue weighted by molar-refractivity contribution is 0.622. The molecule has 0 rings (SSSR count). The molecular weight excluding hydrogens is 581 g/mol. The Hall–Kier alpha value is 2.36. The third-order valence-electron chi connectivity index (χ3n) is 3.08. The molecule has 0 saturated heterocycles. The van der Waals surface area contributed by atoms with Gasteiger partial charge in [-0.25, -0.2) is 0 Å². The van der Waals surface area contributed by atoms with Crippen molar-refractivity contribution >= 4 is 74.0 Å². The number of hydrogen-bond donors (Lipinski definition) is 0. The first-order valence-corrected chi connectivity index (χ1v) is 21.3. The van der Waals surface area contributed by atoms with Gasteiger partial charge in [0.2, 0.25) is 0 Å². The Balaban J connectivity index is 3.28. The fourth-order valence-electron chi connectivity index (χ4n) is 1.72. The number of halogens is 3. The molecule has 0 N–H and O–H groups in total. The number of unbranched alkanes of at least 4 members (excludes halogenated alkanes) is 5. The molecule has 0 aromatic carbocycles. The Kier molecular flexibility index (Phi) is 11.6. The second kappa shape index (κ2) is 10.1.